The van der Waals surface area contributed by atoms with Crippen LogP contribution < -0.4 is 5.32 Å². The van der Waals surface area contributed by atoms with Gasteiger partial charge in [0.2, 0.25) is 5.91 Å². The van der Waals surface area contributed by atoms with E-state index < -0.39 is 0 Å². The summed E-state index contributed by atoms with van der Waals surface area (Å²) >= 11 is 0. The van der Waals surface area contributed by atoms with Crippen LogP contribution >= 0.6 is 0 Å². The van der Waals surface area contributed by atoms with Crippen molar-refractivity contribution in [2.45, 2.75) is 31.7 Å². The number of amides is 1. The Morgan fingerprint density at radius 1 is 1.36 bits per heavy atom. The van der Waals surface area contributed by atoms with Crippen LogP contribution in [0.3, 0.4) is 0 Å². The maximum atomic E-state index is 11.1. The van der Waals surface area contributed by atoms with Gasteiger partial charge in [0, 0.05) is 18.4 Å². The Morgan fingerprint density at radius 3 is 2.64 bits per heavy atom. The molecule has 1 aromatic rings. The van der Waals surface area contributed by atoms with E-state index in [0.29, 0.717) is 18.4 Å². The summed E-state index contributed by atoms with van der Waals surface area (Å²) in [6.45, 7) is 2.17. The lowest BCUT2D eigenvalue weighted by Crippen LogP contribution is -2.29. The van der Waals surface area contributed by atoms with E-state index in [4.69, 9.17) is 0 Å². The number of benzene rings is 1. The van der Waals surface area contributed by atoms with Gasteiger partial charge >= 0.3 is 0 Å². The molecule has 2 nitrogen and oxygen atoms in total. The van der Waals surface area contributed by atoms with Crippen molar-refractivity contribution in [2.75, 3.05) is 0 Å². The van der Waals surface area contributed by atoms with Gasteiger partial charge in [0.1, 0.15) is 0 Å². The van der Waals surface area contributed by atoms with E-state index >= 15 is 0 Å². The van der Waals surface area contributed by atoms with Gasteiger partial charge < -0.3 is 5.32 Å². The van der Waals surface area contributed by atoms with Gasteiger partial charge in [-0.2, -0.15) is 0 Å². The molecule has 1 N–H and O–H groups in total. The maximum absolute atomic E-state index is 11.1. The number of carbonyl (C=O) groups excluding carboxylic acids is 1. The fourth-order valence-corrected chi connectivity index (χ4v) is 2.00. The van der Waals surface area contributed by atoms with Gasteiger partial charge in [-0.05, 0) is 12.0 Å². The second-order valence-electron chi connectivity index (χ2n) is 3.91. The smallest absolute Gasteiger partial charge is 0.220 e. The lowest BCUT2D eigenvalue weighted by Gasteiger charge is -2.19. The number of rotatable bonds is 2. The van der Waals surface area contributed by atoms with Gasteiger partial charge in [0.25, 0.3) is 0 Å². The van der Waals surface area contributed by atoms with Gasteiger partial charge in [0.05, 0.1) is 0 Å². The number of hydrogen-bond donors (Lipinski definition) is 1. The topological polar surface area (TPSA) is 29.1 Å². The van der Waals surface area contributed by atoms with Crippen molar-refractivity contribution in [2.24, 2.45) is 0 Å². The van der Waals surface area contributed by atoms with Crippen LogP contribution in [0.2, 0.25) is 0 Å². The summed E-state index contributed by atoms with van der Waals surface area (Å²) in [5.41, 5.74) is 1.31. The lowest BCUT2D eigenvalue weighted by atomic mass is 9.92. The first kappa shape index (κ1) is 9.25. The Bertz CT molecular complexity index is 320. The Kier molecular flexibility index (Phi) is 2.53. The van der Waals surface area contributed by atoms with Crippen LogP contribution in [0.1, 0.15) is 31.2 Å². The SMILES string of the molecule is CC(c1ccccc1)[C@H]1CCC(=O)N1. The first-order chi connectivity index (χ1) is 6.77. The van der Waals surface area contributed by atoms with Crippen molar-refractivity contribution in [3.63, 3.8) is 0 Å². The third kappa shape index (κ3) is 1.79. The molecule has 1 fully saturated rings. The van der Waals surface area contributed by atoms with Crippen LogP contribution in [0.5, 0.6) is 0 Å². The molecule has 0 saturated carbocycles. The lowest BCUT2D eigenvalue weighted by molar-refractivity contribution is -0.119. The average molecular weight is 189 g/mol. The summed E-state index contributed by atoms with van der Waals surface area (Å²) in [5, 5.41) is 3.01. The normalized spacial score (nSPS) is 23.2. The minimum Gasteiger partial charge on any atom is -0.353 e. The highest BCUT2D eigenvalue weighted by atomic mass is 16.1. The highest BCUT2D eigenvalue weighted by Gasteiger charge is 2.26. The molecule has 0 aromatic heterocycles. The molecule has 0 aliphatic carbocycles. The summed E-state index contributed by atoms with van der Waals surface area (Å²) in [7, 11) is 0. The molecular formula is C12H15NO. The molecule has 1 aliphatic heterocycles. The molecule has 0 bridgehead atoms. The van der Waals surface area contributed by atoms with Crippen molar-refractivity contribution in [3.8, 4) is 0 Å². The summed E-state index contributed by atoms with van der Waals surface area (Å²) in [4.78, 5) is 11.1. The predicted octanol–water partition coefficient (Wildman–Crippen LogP) is 2.07. The molecule has 1 aliphatic rings. The van der Waals surface area contributed by atoms with Crippen LogP contribution in [0.4, 0.5) is 0 Å². The third-order valence-electron chi connectivity index (χ3n) is 2.96. The fourth-order valence-electron chi connectivity index (χ4n) is 2.00. The van der Waals surface area contributed by atoms with Crippen LogP contribution in [0, 0.1) is 0 Å². The minimum absolute atomic E-state index is 0.192. The van der Waals surface area contributed by atoms with E-state index in [1.807, 2.05) is 18.2 Å². The third-order valence-corrected chi connectivity index (χ3v) is 2.96. The number of carbonyl (C=O) groups is 1. The van der Waals surface area contributed by atoms with Gasteiger partial charge in [-0.25, -0.2) is 0 Å². The van der Waals surface area contributed by atoms with E-state index in [1.165, 1.54) is 5.56 Å². The largest absolute Gasteiger partial charge is 0.353 e. The zero-order valence-electron chi connectivity index (χ0n) is 8.36. The van der Waals surface area contributed by atoms with E-state index in [2.05, 4.69) is 24.4 Å². The van der Waals surface area contributed by atoms with Crippen LogP contribution in [-0.2, 0) is 4.79 Å². The van der Waals surface area contributed by atoms with Gasteiger partial charge in [0.15, 0.2) is 0 Å². The molecule has 2 rings (SSSR count). The molecule has 1 heterocycles. The molecule has 1 unspecified atom stereocenters. The quantitative estimate of drug-likeness (QED) is 0.758. The van der Waals surface area contributed by atoms with Crippen molar-refractivity contribution < 1.29 is 4.79 Å². The standard InChI is InChI=1S/C12H15NO/c1-9(10-5-3-2-4-6-10)11-7-8-12(14)13-11/h2-6,9,11H,7-8H2,1H3,(H,13,14)/t9?,11-/m1/s1. The molecule has 14 heavy (non-hydrogen) atoms. The van der Waals surface area contributed by atoms with Crippen LogP contribution in [0.15, 0.2) is 30.3 Å². The first-order valence-corrected chi connectivity index (χ1v) is 5.11. The summed E-state index contributed by atoms with van der Waals surface area (Å²) in [5.74, 6) is 0.612. The Labute approximate surface area is 84.3 Å². The zero-order chi connectivity index (χ0) is 9.97. The predicted molar refractivity (Wildman–Crippen MR) is 56.0 cm³/mol. The summed E-state index contributed by atoms with van der Waals surface area (Å²) in [6.07, 6.45) is 1.65. The Hall–Kier alpha value is -1.31. The molecule has 2 heteroatoms. The van der Waals surface area contributed by atoms with Gasteiger partial charge in [-0.3, -0.25) is 4.79 Å². The first-order valence-electron chi connectivity index (χ1n) is 5.11. The summed E-state index contributed by atoms with van der Waals surface area (Å²) in [6, 6.07) is 10.7. The monoisotopic (exact) mass is 189 g/mol. The van der Waals surface area contributed by atoms with Gasteiger partial charge in [-0.15, -0.1) is 0 Å². The van der Waals surface area contributed by atoms with Crippen molar-refractivity contribution >= 4 is 5.91 Å². The van der Waals surface area contributed by atoms with Crippen molar-refractivity contribution in [1.29, 1.82) is 0 Å². The van der Waals surface area contributed by atoms with Crippen LogP contribution in [0.25, 0.3) is 0 Å². The van der Waals surface area contributed by atoms with E-state index in [9.17, 15) is 4.79 Å². The molecule has 74 valence electrons. The molecule has 0 spiro atoms. The number of hydrogen-bond acceptors (Lipinski definition) is 1. The van der Waals surface area contributed by atoms with E-state index in [0.717, 1.165) is 6.42 Å². The van der Waals surface area contributed by atoms with E-state index in [-0.39, 0.29) is 5.91 Å². The highest BCUT2D eigenvalue weighted by molar-refractivity contribution is 5.78. The van der Waals surface area contributed by atoms with E-state index in [1.54, 1.807) is 0 Å². The second-order valence-corrected chi connectivity index (χ2v) is 3.91. The molecule has 1 amide bonds. The Balaban J connectivity index is 2.09. The highest BCUT2D eigenvalue weighted by Crippen LogP contribution is 2.24. The fraction of sp³-hybridized carbons (Fsp3) is 0.417. The zero-order valence-corrected chi connectivity index (χ0v) is 8.36. The van der Waals surface area contributed by atoms with Crippen molar-refractivity contribution in [3.05, 3.63) is 35.9 Å². The Morgan fingerprint density at radius 2 is 2.07 bits per heavy atom. The van der Waals surface area contributed by atoms with Gasteiger partial charge in [-0.1, -0.05) is 37.3 Å². The molecule has 2 atom stereocenters. The molecular weight excluding hydrogens is 174 g/mol. The minimum atomic E-state index is 0.192. The molecule has 1 saturated heterocycles. The molecule has 1 aromatic carbocycles. The average Bonchev–Trinajstić information content (AvgIpc) is 2.65. The van der Waals surface area contributed by atoms with Crippen molar-refractivity contribution in [1.82, 2.24) is 5.32 Å². The summed E-state index contributed by atoms with van der Waals surface area (Å²) < 4.78 is 0. The molecule has 0 radical (unpaired) electrons. The number of nitrogens with one attached hydrogen (secondary N) is 1. The maximum Gasteiger partial charge on any atom is 0.220 e. The van der Waals surface area contributed by atoms with Crippen LogP contribution in [-0.4, -0.2) is 11.9 Å². The second kappa shape index (κ2) is 3.82.